The van der Waals surface area contributed by atoms with Crippen molar-refractivity contribution in [2.75, 3.05) is 19.8 Å². The van der Waals surface area contributed by atoms with E-state index in [0.29, 0.717) is 17.5 Å². The van der Waals surface area contributed by atoms with Gasteiger partial charge in [-0.05, 0) is 48.7 Å². The molecule has 1 atom stereocenters. The van der Waals surface area contributed by atoms with Crippen LogP contribution in [0.25, 0.3) is 0 Å². The number of benzene rings is 2. The lowest BCUT2D eigenvalue weighted by Crippen LogP contribution is -2.39. The standard InChI is InChI=1S/C24H21ClF2N2O6S/c1-13-20(36-12-28-13)7-9-33-24(32)35-29-8-6-15-16(3-4-18(26)22(15)27)23(29)17-10-14(25)2-5-19(17)34-11-21(30)31/h2-5,10,12,23H,6-9,11H2,1H3,(H,30,31)/t23-/m0/s1. The van der Waals surface area contributed by atoms with Gasteiger partial charge >= 0.3 is 12.1 Å². The minimum atomic E-state index is -1.21. The molecule has 4 rings (SSSR count). The van der Waals surface area contributed by atoms with Gasteiger partial charge in [-0.3, -0.25) is 0 Å². The van der Waals surface area contributed by atoms with Crippen LogP contribution in [-0.2, 0) is 27.2 Å². The number of halogens is 3. The minimum absolute atomic E-state index is 0.00593. The van der Waals surface area contributed by atoms with Gasteiger partial charge in [0.05, 0.1) is 17.8 Å². The Bertz CT molecular complexity index is 1290. The second kappa shape index (κ2) is 11.2. The largest absolute Gasteiger partial charge is 0.527 e. The second-order valence-electron chi connectivity index (χ2n) is 7.89. The summed E-state index contributed by atoms with van der Waals surface area (Å²) in [4.78, 5) is 34.2. The number of hydrogen-bond donors (Lipinski definition) is 1. The molecule has 0 radical (unpaired) electrons. The maximum atomic E-state index is 14.7. The highest BCUT2D eigenvalue weighted by Crippen LogP contribution is 2.41. The first-order chi connectivity index (χ1) is 17.2. The zero-order valence-electron chi connectivity index (χ0n) is 19.0. The third-order valence-electron chi connectivity index (χ3n) is 5.60. The Morgan fingerprint density at radius 1 is 1.25 bits per heavy atom. The van der Waals surface area contributed by atoms with Crippen LogP contribution in [0.15, 0.2) is 35.8 Å². The van der Waals surface area contributed by atoms with Crippen molar-refractivity contribution in [3.63, 3.8) is 0 Å². The molecule has 0 aliphatic carbocycles. The number of carboxylic acids is 1. The molecule has 8 nitrogen and oxygen atoms in total. The zero-order valence-corrected chi connectivity index (χ0v) is 20.6. The smallest absolute Gasteiger partial charge is 0.482 e. The quantitative estimate of drug-likeness (QED) is 0.395. The van der Waals surface area contributed by atoms with Crippen LogP contribution in [0.5, 0.6) is 5.75 Å². The van der Waals surface area contributed by atoms with Crippen LogP contribution in [0, 0.1) is 18.6 Å². The SMILES string of the molecule is Cc1ncsc1CCOC(=O)ON1CCc2c(ccc(F)c2F)[C@H]1c1cc(Cl)ccc1OCC(=O)O. The van der Waals surface area contributed by atoms with Gasteiger partial charge in [-0.25, -0.2) is 23.4 Å². The fraction of sp³-hybridized carbons (Fsp3) is 0.292. The molecule has 3 aromatic rings. The molecule has 36 heavy (non-hydrogen) atoms. The first-order valence-electron chi connectivity index (χ1n) is 10.9. The number of aliphatic carboxylic acids is 1. The number of carbonyl (C=O) groups is 2. The summed E-state index contributed by atoms with van der Waals surface area (Å²) in [6.45, 7) is 1.27. The van der Waals surface area contributed by atoms with Gasteiger partial charge in [0.2, 0.25) is 0 Å². The first-order valence-corrected chi connectivity index (χ1v) is 12.1. The highest BCUT2D eigenvalue weighted by Gasteiger charge is 2.36. The van der Waals surface area contributed by atoms with Gasteiger partial charge in [0.15, 0.2) is 18.2 Å². The lowest BCUT2D eigenvalue weighted by Gasteiger charge is -2.36. The van der Waals surface area contributed by atoms with E-state index in [-0.39, 0.29) is 35.9 Å². The van der Waals surface area contributed by atoms with Crippen molar-refractivity contribution in [2.45, 2.75) is 25.8 Å². The molecular formula is C24H21ClF2N2O6S. The molecule has 0 unspecified atom stereocenters. The fourth-order valence-corrected chi connectivity index (χ4v) is 4.91. The number of fused-ring (bicyclic) bond motifs is 1. The lowest BCUT2D eigenvalue weighted by atomic mass is 9.88. The number of thiazole rings is 1. The summed E-state index contributed by atoms with van der Waals surface area (Å²) in [5.41, 5.74) is 3.29. The van der Waals surface area contributed by atoms with E-state index in [1.165, 1.54) is 40.7 Å². The van der Waals surface area contributed by atoms with E-state index in [2.05, 4.69) is 4.98 Å². The van der Waals surface area contributed by atoms with Crippen molar-refractivity contribution in [3.05, 3.63) is 79.8 Å². The van der Waals surface area contributed by atoms with E-state index in [9.17, 15) is 18.4 Å². The van der Waals surface area contributed by atoms with E-state index in [4.69, 9.17) is 31.0 Å². The number of ether oxygens (including phenoxy) is 2. The van der Waals surface area contributed by atoms with E-state index < -0.39 is 36.4 Å². The fourth-order valence-electron chi connectivity index (χ4n) is 3.96. The van der Waals surface area contributed by atoms with Gasteiger partial charge in [0.1, 0.15) is 11.8 Å². The number of carbonyl (C=O) groups excluding carboxylic acids is 1. The number of aryl methyl sites for hydroxylation is 1. The Morgan fingerprint density at radius 2 is 2.06 bits per heavy atom. The summed E-state index contributed by atoms with van der Waals surface area (Å²) < 4.78 is 39.3. The normalized spacial score (nSPS) is 15.3. The Labute approximate surface area is 213 Å². The molecular weight excluding hydrogens is 518 g/mol. The average molecular weight is 539 g/mol. The van der Waals surface area contributed by atoms with Crippen LogP contribution in [-0.4, -0.2) is 47.0 Å². The van der Waals surface area contributed by atoms with Crippen molar-refractivity contribution < 1.29 is 37.8 Å². The third-order valence-corrected chi connectivity index (χ3v) is 6.83. The van der Waals surface area contributed by atoms with Gasteiger partial charge < -0.3 is 19.4 Å². The molecule has 0 fully saturated rings. The summed E-state index contributed by atoms with van der Waals surface area (Å²) in [6, 6.07) is 5.84. The van der Waals surface area contributed by atoms with E-state index in [1.807, 2.05) is 6.92 Å². The number of carboxylic acid groups (broad SMARTS) is 1. The molecule has 190 valence electrons. The van der Waals surface area contributed by atoms with Crippen molar-refractivity contribution in [1.29, 1.82) is 0 Å². The summed E-state index contributed by atoms with van der Waals surface area (Å²) >= 11 is 7.66. The Morgan fingerprint density at radius 3 is 2.78 bits per heavy atom. The molecule has 0 bridgehead atoms. The molecule has 1 aliphatic rings. The summed E-state index contributed by atoms with van der Waals surface area (Å²) in [7, 11) is 0. The van der Waals surface area contributed by atoms with Crippen molar-refractivity contribution in [2.24, 2.45) is 0 Å². The summed E-state index contributed by atoms with van der Waals surface area (Å²) in [5.74, 6) is -3.09. The average Bonchev–Trinajstić information content (AvgIpc) is 3.25. The van der Waals surface area contributed by atoms with Crippen LogP contribution in [0.3, 0.4) is 0 Å². The van der Waals surface area contributed by atoms with Gasteiger partial charge in [-0.1, -0.05) is 17.7 Å². The number of rotatable bonds is 8. The number of nitrogens with zero attached hydrogens (tertiary/aromatic N) is 2. The van der Waals surface area contributed by atoms with Crippen LogP contribution >= 0.6 is 22.9 Å². The monoisotopic (exact) mass is 538 g/mol. The molecule has 2 aromatic carbocycles. The Hall–Kier alpha value is -3.28. The van der Waals surface area contributed by atoms with Gasteiger partial charge in [-0.15, -0.1) is 16.4 Å². The molecule has 0 amide bonds. The predicted octanol–water partition coefficient (Wildman–Crippen LogP) is 5.10. The molecule has 0 spiro atoms. The van der Waals surface area contributed by atoms with Gasteiger partial charge in [0.25, 0.3) is 0 Å². The van der Waals surface area contributed by atoms with Crippen LogP contribution < -0.4 is 4.74 Å². The van der Waals surface area contributed by atoms with Gasteiger partial charge in [0, 0.05) is 28.4 Å². The molecule has 1 N–H and O–H groups in total. The highest BCUT2D eigenvalue weighted by molar-refractivity contribution is 7.09. The topological polar surface area (TPSA) is 98.2 Å². The second-order valence-corrected chi connectivity index (χ2v) is 9.26. The molecule has 2 heterocycles. The number of aromatic nitrogens is 1. The van der Waals surface area contributed by atoms with E-state index in [1.54, 1.807) is 5.51 Å². The lowest BCUT2D eigenvalue weighted by molar-refractivity contribution is -0.151. The van der Waals surface area contributed by atoms with Crippen LogP contribution in [0.4, 0.5) is 13.6 Å². The maximum absolute atomic E-state index is 14.7. The Balaban J connectivity index is 1.62. The van der Waals surface area contributed by atoms with E-state index in [0.717, 1.165) is 16.6 Å². The Kier molecular flexibility index (Phi) is 8.02. The van der Waals surface area contributed by atoms with Crippen molar-refractivity contribution >= 4 is 35.1 Å². The molecule has 1 aromatic heterocycles. The van der Waals surface area contributed by atoms with Gasteiger partial charge in [-0.2, -0.15) is 0 Å². The van der Waals surface area contributed by atoms with Crippen LogP contribution in [0.1, 0.15) is 33.3 Å². The molecule has 1 aliphatic heterocycles. The number of hydroxylamine groups is 2. The highest BCUT2D eigenvalue weighted by atomic mass is 35.5. The zero-order chi connectivity index (χ0) is 25.8. The minimum Gasteiger partial charge on any atom is -0.482 e. The summed E-state index contributed by atoms with van der Waals surface area (Å²) in [5, 5.41) is 10.6. The van der Waals surface area contributed by atoms with Crippen molar-refractivity contribution in [3.8, 4) is 5.75 Å². The molecule has 0 saturated heterocycles. The van der Waals surface area contributed by atoms with Crippen molar-refractivity contribution in [1.82, 2.24) is 10.0 Å². The first kappa shape index (κ1) is 25.8. The third kappa shape index (κ3) is 5.75. The maximum Gasteiger partial charge on any atom is 0.527 e. The molecule has 0 saturated carbocycles. The predicted molar refractivity (Wildman–Crippen MR) is 126 cm³/mol. The van der Waals surface area contributed by atoms with Crippen LogP contribution in [0.2, 0.25) is 5.02 Å². The number of hydrogen-bond acceptors (Lipinski definition) is 8. The molecule has 12 heteroatoms. The van der Waals surface area contributed by atoms with E-state index >= 15 is 0 Å². The summed E-state index contributed by atoms with van der Waals surface area (Å²) in [6.07, 6.45) is -0.471.